The van der Waals surface area contributed by atoms with E-state index in [2.05, 4.69) is 42.9 Å². The van der Waals surface area contributed by atoms with Crippen LogP contribution in [0.5, 0.6) is 0 Å². The summed E-state index contributed by atoms with van der Waals surface area (Å²) in [5.41, 5.74) is 1.45. The van der Waals surface area contributed by atoms with E-state index >= 15 is 0 Å². The summed E-state index contributed by atoms with van der Waals surface area (Å²) in [5.74, 6) is 0. The Bertz CT molecular complexity index is 404. The molecular formula is C13H24NO3S+. The average molecular weight is 274 g/mol. The average Bonchev–Trinajstić information content (AvgIpc) is 2.26. The second-order valence-electron chi connectivity index (χ2n) is 4.28. The molecule has 0 fully saturated rings. The maximum absolute atomic E-state index is 9.19. The minimum atomic E-state index is -3.67. The molecular weight excluding hydrogens is 250 g/mol. The van der Waals surface area contributed by atoms with E-state index in [0.29, 0.717) is 6.26 Å². The summed E-state index contributed by atoms with van der Waals surface area (Å²) in [6, 6.07) is 4.47. The van der Waals surface area contributed by atoms with Crippen LogP contribution in [0.25, 0.3) is 0 Å². The maximum Gasteiger partial charge on any atom is 0.261 e. The number of rotatable bonds is 5. The van der Waals surface area contributed by atoms with Crippen molar-refractivity contribution in [1.29, 1.82) is 0 Å². The Hall–Kier alpha value is -0.940. The third-order valence-corrected chi connectivity index (χ3v) is 2.27. The molecule has 0 bridgehead atoms. The summed E-state index contributed by atoms with van der Waals surface area (Å²) in [5, 5.41) is 0. The normalized spacial score (nSPS) is 10.7. The van der Waals surface area contributed by atoms with E-state index in [0.717, 1.165) is 6.54 Å². The highest BCUT2D eigenvalue weighted by molar-refractivity contribution is 7.85. The number of nitrogens with zero attached hydrogens (tertiary/aromatic N) is 1. The van der Waals surface area contributed by atoms with Gasteiger partial charge in [-0.2, -0.15) is 8.42 Å². The Morgan fingerprint density at radius 2 is 1.67 bits per heavy atom. The summed E-state index contributed by atoms with van der Waals surface area (Å²) in [6.45, 7) is 5.60. The molecule has 104 valence electrons. The molecule has 0 aromatic carbocycles. The quantitative estimate of drug-likeness (QED) is 0.661. The predicted octanol–water partition coefficient (Wildman–Crippen LogP) is 2.23. The second kappa shape index (κ2) is 9.05. The number of pyridine rings is 1. The van der Waals surface area contributed by atoms with Gasteiger partial charge in [-0.25, -0.2) is 4.57 Å². The van der Waals surface area contributed by atoms with Gasteiger partial charge in [0.1, 0.15) is 6.54 Å². The lowest BCUT2D eigenvalue weighted by Crippen LogP contribution is -2.32. The van der Waals surface area contributed by atoms with Gasteiger partial charge in [-0.3, -0.25) is 4.55 Å². The van der Waals surface area contributed by atoms with Crippen LogP contribution in [0.3, 0.4) is 0 Å². The van der Waals surface area contributed by atoms with Crippen molar-refractivity contribution >= 4 is 10.1 Å². The molecule has 0 saturated carbocycles. The fourth-order valence-electron chi connectivity index (χ4n) is 1.43. The molecule has 18 heavy (non-hydrogen) atoms. The van der Waals surface area contributed by atoms with Gasteiger partial charge in [-0.05, 0) is 12.0 Å². The Morgan fingerprint density at radius 1 is 1.17 bits per heavy atom. The molecule has 1 heterocycles. The van der Waals surface area contributed by atoms with Gasteiger partial charge < -0.3 is 0 Å². The summed E-state index contributed by atoms with van der Waals surface area (Å²) in [4.78, 5) is 0. The zero-order valence-electron chi connectivity index (χ0n) is 11.5. The summed E-state index contributed by atoms with van der Waals surface area (Å²) >= 11 is 0. The number of hydrogen-bond donors (Lipinski definition) is 1. The molecule has 4 nitrogen and oxygen atoms in total. The lowest BCUT2D eigenvalue weighted by molar-refractivity contribution is -0.697. The molecule has 0 aliphatic heterocycles. The SMILES string of the molecule is CCCC[n+]1ccc(CCC)cc1.CS(=O)(=O)O. The van der Waals surface area contributed by atoms with E-state index in [1.807, 2.05) is 0 Å². The van der Waals surface area contributed by atoms with Crippen molar-refractivity contribution in [1.82, 2.24) is 0 Å². The van der Waals surface area contributed by atoms with Gasteiger partial charge in [0, 0.05) is 18.6 Å². The number of aromatic nitrogens is 1. The van der Waals surface area contributed by atoms with Crippen molar-refractivity contribution in [2.75, 3.05) is 6.26 Å². The van der Waals surface area contributed by atoms with Crippen molar-refractivity contribution in [3.63, 3.8) is 0 Å². The molecule has 0 amide bonds. The van der Waals surface area contributed by atoms with Crippen LogP contribution < -0.4 is 4.57 Å². The van der Waals surface area contributed by atoms with Crippen LogP contribution >= 0.6 is 0 Å². The monoisotopic (exact) mass is 274 g/mol. The fourth-order valence-corrected chi connectivity index (χ4v) is 1.43. The number of aryl methyl sites for hydroxylation is 2. The van der Waals surface area contributed by atoms with E-state index in [-0.39, 0.29) is 0 Å². The first-order valence-electron chi connectivity index (χ1n) is 6.27. The van der Waals surface area contributed by atoms with Gasteiger partial charge >= 0.3 is 0 Å². The van der Waals surface area contributed by atoms with Gasteiger partial charge in [0.25, 0.3) is 10.1 Å². The Balaban J connectivity index is 0.000000494. The highest BCUT2D eigenvalue weighted by Gasteiger charge is 1.98. The molecule has 0 aliphatic carbocycles. The zero-order valence-corrected chi connectivity index (χ0v) is 12.3. The molecule has 1 N–H and O–H groups in total. The summed E-state index contributed by atoms with van der Waals surface area (Å²) < 4.78 is 28.1. The lowest BCUT2D eigenvalue weighted by Gasteiger charge is -1.97. The fraction of sp³-hybridized carbons (Fsp3) is 0.615. The topological polar surface area (TPSA) is 58.2 Å². The molecule has 1 aromatic heterocycles. The number of hydrogen-bond acceptors (Lipinski definition) is 2. The van der Waals surface area contributed by atoms with E-state index in [1.165, 1.54) is 31.2 Å². The van der Waals surface area contributed by atoms with Crippen LogP contribution in [-0.2, 0) is 23.1 Å². The minimum absolute atomic E-state index is 0.715. The van der Waals surface area contributed by atoms with E-state index in [9.17, 15) is 8.42 Å². The van der Waals surface area contributed by atoms with Crippen molar-refractivity contribution in [2.24, 2.45) is 0 Å². The maximum atomic E-state index is 9.19. The molecule has 1 rings (SSSR count). The largest absolute Gasteiger partial charge is 0.286 e. The van der Waals surface area contributed by atoms with Crippen LogP contribution in [-0.4, -0.2) is 19.2 Å². The standard InChI is InChI=1S/C12H20N.CH4O3S/c1-3-5-9-13-10-7-12(6-4-2)8-11-13;1-5(2,3)4/h7-8,10-11H,3-6,9H2,1-2H3;1H3,(H,2,3,4)/q+1;. The molecule has 0 spiro atoms. The Labute approximate surface area is 110 Å². The summed E-state index contributed by atoms with van der Waals surface area (Å²) in [6.07, 6.45) is 10.1. The minimum Gasteiger partial charge on any atom is -0.286 e. The molecule has 5 heteroatoms. The zero-order chi connectivity index (χ0) is 14.0. The van der Waals surface area contributed by atoms with Crippen LogP contribution in [0.15, 0.2) is 24.5 Å². The van der Waals surface area contributed by atoms with Crippen molar-refractivity contribution in [2.45, 2.75) is 46.1 Å². The highest BCUT2D eigenvalue weighted by atomic mass is 32.2. The second-order valence-corrected chi connectivity index (χ2v) is 5.75. The molecule has 0 radical (unpaired) electrons. The molecule has 1 aromatic rings. The molecule has 0 aliphatic rings. The van der Waals surface area contributed by atoms with E-state index in [4.69, 9.17) is 4.55 Å². The van der Waals surface area contributed by atoms with Crippen molar-refractivity contribution in [3.05, 3.63) is 30.1 Å². The number of unbranched alkanes of at least 4 members (excludes halogenated alkanes) is 1. The van der Waals surface area contributed by atoms with E-state index in [1.54, 1.807) is 0 Å². The van der Waals surface area contributed by atoms with Gasteiger partial charge in [0.15, 0.2) is 12.4 Å². The van der Waals surface area contributed by atoms with Crippen molar-refractivity contribution < 1.29 is 17.5 Å². The van der Waals surface area contributed by atoms with Crippen LogP contribution in [0.4, 0.5) is 0 Å². The highest BCUT2D eigenvalue weighted by Crippen LogP contribution is 1.99. The smallest absolute Gasteiger partial charge is 0.261 e. The van der Waals surface area contributed by atoms with Crippen LogP contribution in [0, 0.1) is 0 Å². The molecule has 0 unspecified atom stereocenters. The Morgan fingerprint density at radius 3 is 2.06 bits per heavy atom. The van der Waals surface area contributed by atoms with Crippen LogP contribution in [0.1, 0.15) is 38.7 Å². The third-order valence-electron chi connectivity index (χ3n) is 2.27. The molecule has 0 atom stereocenters. The predicted molar refractivity (Wildman–Crippen MR) is 73.0 cm³/mol. The van der Waals surface area contributed by atoms with Crippen molar-refractivity contribution in [3.8, 4) is 0 Å². The first-order valence-corrected chi connectivity index (χ1v) is 8.12. The van der Waals surface area contributed by atoms with Gasteiger partial charge in [-0.1, -0.05) is 26.7 Å². The van der Waals surface area contributed by atoms with Gasteiger partial charge in [0.05, 0.1) is 6.26 Å². The first-order chi connectivity index (χ1) is 8.36. The van der Waals surface area contributed by atoms with Gasteiger partial charge in [0.2, 0.25) is 0 Å². The van der Waals surface area contributed by atoms with Gasteiger partial charge in [-0.15, -0.1) is 0 Å². The van der Waals surface area contributed by atoms with E-state index < -0.39 is 10.1 Å². The third kappa shape index (κ3) is 11.5. The van der Waals surface area contributed by atoms with Crippen LogP contribution in [0.2, 0.25) is 0 Å². The Kier molecular flexibility index (Phi) is 8.58. The molecule has 0 saturated heterocycles. The lowest BCUT2D eigenvalue weighted by atomic mass is 10.1. The first kappa shape index (κ1) is 17.1. The summed E-state index contributed by atoms with van der Waals surface area (Å²) in [7, 11) is -3.67.